The quantitative estimate of drug-likeness (QED) is 0.368. The molecule has 0 fully saturated rings. The van der Waals surface area contributed by atoms with Gasteiger partial charge in [0.05, 0.1) is 11.2 Å². The van der Waals surface area contributed by atoms with Crippen molar-refractivity contribution < 1.29 is 0 Å². The lowest BCUT2D eigenvalue weighted by Crippen LogP contribution is -1.94. The molecule has 128 valence electrons. The zero-order valence-electron chi connectivity index (χ0n) is 15.1. The summed E-state index contributed by atoms with van der Waals surface area (Å²) in [5.41, 5.74) is 5.49. The van der Waals surface area contributed by atoms with Gasteiger partial charge >= 0.3 is 0 Å². The van der Waals surface area contributed by atoms with Gasteiger partial charge in [0.2, 0.25) is 0 Å². The number of hydrogen-bond acceptors (Lipinski definition) is 2. The Balaban J connectivity index is 1.75. The fourth-order valence-electron chi connectivity index (χ4n) is 3.71. The Morgan fingerprint density at radius 2 is 1.37 bits per heavy atom. The molecule has 0 aliphatic heterocycles. The summed E-state index contributed by atoms with van der Waals surface area (Å²) in [6, 6.07) is 31.8. The zero-order chi connectivity index (χ0) is 18.2. The molecule has 27 heavy (non-hydrogen) atoms. The van der Waals surface area contributed by atoms with Crippen LogP contribution >= 0.6 is 0 Å². The molecule has 5 aromatic rings. The fraction of sp³-hybridized carbons (Fsp3) is 0.0400. The molecule has 0 atom stereocenters. The average Bonchev–Trinajstić information content (AvgIpc) is 2.73. The second kappa shape index (κ2) is 6.33. The van der Waals surface area contributed by atoms with Crippen molar-refractivity contribution in [2.75, 3.05) is 0 Å². The molecule has 0 spiro atoms. The smallest absolute Gasteiger partial charge is 0.126 e. The number of fused-ring (bicyclic) bond motifs is 2. The predicted octanol–water partition coefficient (Wildman–Crippen LogP) is 6.43. The van der Waals surface area contributed by atoms with E-state index in [9.17, 15) is 0 Å². The number of nitrogens with zero attached hydrogens (tertiary/aromatic N) is 2. The van der Waals surface area contributed by atoms with Gasteiger partial charge in [-0.05, 0) is 41.0 Å². The lowest BCUT2D eigenvalue weighted by molar-refractivity contribution is 1.10. The highest BCUT2D eigenvalue weighted by molar-refractivity contribution is 6.00. The predicted molar refractivity (Wildman–Crippen MR) is 113 cm³/mol. The molecule has 1 heterocycles. The van der Waals surface area contributed by atoms with E-state index in [2.05, 4.69) is 72.8 Å². The van der Waals surface area contributed by atoms with E-state index in [4.69, 9.17) is 9.97 Å². The number of rotatable bonds is 2. The Morgan fingerprint density at radius 3 is 2.26 bits per heavy atom. The van der Waals surface area contributed by atoms with Crippen LogP contribution in [0.15, 0.2) is 91.0 Å². The maximum atomic E-state index is 4.72. The van der Waals surface area contributed by atoms with E-state index in [0.29, 0.717) is 0 Å². The maximum Gasteiger partial charge on any atom is 0.126 e. The van der Waals surface area contributed by atoms with Crippen LogP contribution in [0.1, 0.15) is 5.82 Å². The van der Waals surface area contributed by atoms with Crippen molar-refractivity contribution >= 4 is 21.7 Å². The minimum Gasteiger partial charge on any atom is -0.233 e. The second-order valence-electron chi connectivity index (χ2n) is 6.74. The summed E-state index contributed by atoms with van der Waals surface area (Å²) in [7, 11) is 0. The van der Waals surface area contributed by atoms with Gasteiger partial charge in [-0.25, -0.2) is 9.97 Å². The normalized spacial score (nSPS) is 11.1. The van der Waals surface area contributed by atoms with E-state index in [1.807, 2.05) is 25.1 Å². The molecular weight excluding hydrogens is 328 g/mol. The number of aromatic nitrogens is 2. The Labute approximate surface area is 158 Å². The van der Waals surface area contributed by atoms with Gasteiger partial charge in [0.1, 0.15) is 5.82 Å². The van der Waals surface area contributed by atoms with Crippen LogP contribution in [0.4, 0.5) is 0 Å². The minimum absolute atomic E-state index is 0.788. The van der Waals surface area contributed by atoms with Crippen molar-refractivity contribution in [3.8, 4) is 22.4 Å². The molecule has 0 N–H and O–H groups in total. The highest BCUT2D eigenvalue weighted by atomic mass is 14.9. The summed E-state index contributed by atoms with van der Waals surface area (Å²) in [5, 5.41) is 3.59. The first-order valence-electron chi connectivity index (χ1n) is 9.11. The van der Waals surface area contributed by atoms with Crippen LogP contribution in [0.3, 0.4) is 0 Å². The molecule has 0 aliphatic rings. The van der Waals surface area contributed by atoms with Crippen molar-refractivity contribution in [3.05, 3.63) is 96.8 Å². The van der Waals surface area contributed by atoms with Gasteiger partial charge in [-0.1, -0.05) is 78.9 Å². The van der Waals surface area contributed by atoms with Crippen LogP contribution in [0, 0.1) is 6.92 Å². The molecule has 2 heteroatoms. The lowest BCUT2D eigenvalue weighted by atomic mass is 9.96. The molecular formula is C25H18N2. The van der Waals surface area contributed by atoms with Crippen LogP contribution in [0.5, 0.6) is 0 Å². The van der Waals surface area contributed by atoms with Crippen molar-refractivity contribution in [2.45, 2.75) is 6.92 Å². The van der Waals surface area contributed by atoms with E-state index in [1.165, 1.54) is 21.9 Å². The molecule has 0 aliphatic carbocycles. The number of hydrogen-bond donors (Lipinski definition) is 0. The molecule has 0 saturated heterocycles. The molecule has 0 unspecified atom stereocenters. The minimum atomic E-state index is 0.788. The molecule has 1 aromatic heterocycles. The Kier molecular flexibility index (Phi) is 3.68. The molecule has 4 aromatic carbocycles. The molecule has 0 amide bonds. The van der Waals surface area contributed by atoms with Crippen molar-refractivity contribution in [2.24, 2.45) is 0 Å². The van der Waals surface area contributed by atoms with Crippen LogP contribution in [0.25, 0.3) is 44.1 Å². The van der Waals surface area contributed by atoms with E-state index < -0.39 is 0 Å². The van der Waals surface area contributed by atoms with E-state index >= 15 is 0 Å². The molecule has 0 bridgehead atoms. The van der Waals surface area contributed by atoms with E-state index in [0.717, 1.165) is 28.0 Å². The van der Waals surface area contributed by atoms with Gasteiger partial charge < -0.3 is 0 Å². The molecule has 5 rings (SSSR count). The van der Waals surface area contributed by atoms with Gasteiger partial charge in [-0.2, -0.15) is 0 Å². The maximum absolute atomic E-state index is 4.72. The first-order valence-corrected chi connectivity index (χ1v) is 9.11. The highest BCUT2D eigenvalue weighted by Crippen LogP contribution is 2.33. The van der Waals surface area contributed by atoms with Crippen molar-refractivity contribution in [3.63, 3.8) is 0 Å². The van der Waals surface area contributed by atoms with Crippen LogP contribution < -0.4 is 0 Å². The zero-order valence-corrected chi connectivity index (χ0v) is 15.1. The largest absolute Gasteiger partial charge is 0.233 e. The van der Waals surface area contributed by atoms with Gasteiger partial charge in [0.25, 0.3) is 0 Å². The summed E-state index contributed by atoms with van der Waals surface area (Å²) >= 11 is 0. The summed E-state index contributed by atoms with van der Waals surface area (Å²) in [6.45, 7) is 1.95. The Hall–Kier alpha value is -3.52. The van der Waals surface area contributed by atoms with Gasteiger partial charge in [-0.15, -0.1) is 0 Å². The summed E-state index contributed by atoms with van der Waals surface area (Å²) in [5.74, 6) is 0.788. The molecule has 0 saturated carbocycles. The molecule has 0 radical (unpaired) electrons. The Morgan fingerprint density at radius 1 is 0.593 bits per heavy atom. The van der Waals surface area contributed by atoms with Gasteiger partial charge in [0.15, 0.2) is 0 Å². The van der Waals surface area contributed by atoms with Gasteiger partial charge in [0, 0.05) is 10.9 Å². The average molecular weight is 346 g/mol. The van der Waals surface area contributed by atoms with E-state index in [-0.39, 0.29) is 0 Å². The monoisotopic (exact) mass is 346 g/mol. The van der Waals surface area contributed by atoms with Crippen molar-refractivity contribution in [1.82, 2.24) is 9.97 Å². The standard InChI is InChI=1S/C25H18N2/c1-17-26-24-16-20(22-13-7-11-18-8-5-6-12-21(18)22)14-15-23(24)25(27-17)19-9-3-2-4-10-19/h2-16H,1H3. The second-order valence-corrected chi connectivity index (χ2v) is 6.74. The Bertz CT molecular complexity index is 1270. The summed E-state index contributed by atoms with van der Waals surface area (Å²) < 4.78 is 0. The fourth-order valence-corrected chi connectivity index (χ4v) is 3.71. The third-order valence-corrected chi connectivity index (χ3v) is 4.96. The summed E-state index contributed by atoms with van der Waals surface area (Å²) in [4.78, 5) is 9.43. The van der Waals surface area contributed by atoms with Crippen LogP contribution in [-0.4, -0.2) is 9.97 Å². The SMILES string of the molecule is Cc1nc(-c2ccccc2)c2ccc(-c3cccc4ccccc34)cc2n1. The first kappa shape index (κ1) is 15.7. The third-order valence-electron chi connectivity index (χ3n) is 4.96. The topological polar surface area (TPSA) is 25.8 Å². The van der Waals surface area contributed by atoms with E-state index in [1.54, 1.807) is 0 Å². The first-order chi connectivity index (χ1) is 13.3. The molecule has 2 nitrogen and oxygen atoms in total. The van der Waals surface area contributed by atoms with Crippen molar-refractivity contribution in [1.29, 1.82) is 0 Å². The van der Waals surface area contributed by atoms with Crippen LogP contribution in [0.2, 0.25) is 0 Å². The lowest BCUT2D eigenvalue weighted by Gasteiger charge is -2.11. The number of aryl methyl sites for hydroxylation is 1. The summed E-state index contributed by atoms with van der Waals surface area (Å²) in [6.07, 6.45) is 0. The van der Waals surface area contributed by atoms with Crippen LogP contribution in [-0.2, 0) is 0 Å². The highest BCUT2D eigenvalue weighted by Gasteiger charge is 2.10. The third kappa shape index (κ3) is 2.76. The van der Waals surface area contributed by atoms with Gasteiger partial charge in [-0.3, -0.25) is 0 Å². The number of benzene rings is 4.